The summed E-state index contributed by atoms with van der Waals surface area (Å²) >= 11 is 0. The minimum atomic E-state index is -0.663. The van der Waals surface area contributed by atoms with E-state index in [0.717, 1.165) is 11.4 Å². The topological polar surface area (TPSA) is 6.48 Å². The number of anilines is 6. The van der Waals surface area contributed by atoms with Crippen LogP contribution in [0.4, 0.5) is 34.1 Å². The number of hydrogen-bond acceptors (Lipinski definition) is 2. The second kappa shape index (κ2) is 21.7. The average molecular weight is 1350 g/mol. The lowest BCUT2D eigenvalue weighted by Gasteiger charge is -2.45. The molecule has 0 radical (unpaired) electrons. The summed E-state index contributed by atoms with van der Waals surface area (Å²) < 4.78 is 0. The van der Waals surface area contributed by atoms with Crippen LogP contribution in [0.15, 0.2) is 388 Å². The predicted octanol–water partition coefficient (Wildman–Crippen LogP) is 26.8. The first-order valence-electron chi connectivity index (χ1n) is 37.6. The third kappa shape index (κ3) is 7.34. The van der Waals surface area contributed by atoms with E-state index in [1.807, 2.05) is 0 Å². The number of nitrogens with zero attached hydrogens (tertiary/aromatic N) is 2. The van der Waals surface area contributed by atoms with E-state index in [4.69, 9.17) is 0 Å². The first-order valence-corrected chi connectivity index (χ1v) is 37.6. The molecule has 107 heavy (non-hydrogen) atoms. The van der Waals surface area contributed by atoms with Gasteiger partial charge >= 0.3 is 0 Å². The van der Waals surface area contributed by atoms with Gasteiger partial charge in [-0.2, -0.15) is 0 Å². The maximum Gasteiger partial charge on any atom is 0.0754 e. The van der Waals surface area contributed by atoms with Crippen molar-refractivity contribution in [1.29, 1.82) is 0 Å². The zero-order valence-corrected chi connectivity index (χ0v) is 58.3. The van der Waals surface area contributed by atoms with Crippen molar-refractivity contribution >= 4 is 66.4 Å². The van der Waals surface area contributed by atoms with Gasteiger partial charge in [-0.15, -0.1) is 0 Å². The predicted molar refractivity (Wildman–Crippen MR) is 443 cm³/mol. The fourth-order valence-corrected chi connectivity index (χ4v) is 21.6. The lowest BCUT2D eigenvalue weighted by atomic mass is 9.64. The number of rotatable bonds is 5. The van der Waals surface area contributed by atoms with Crippen molar-refractivity contribution in [2.75, 3.05) is 9.80 Å². The van der Waals surface area contributed by atoms with Crippen molar-refractivity contribution in [3.63, 3.8) is 0 Å². The van der Waals surface area contributed by atoms with Gasteiger partial charge in [-0.1, -0.05) is 328 Å². The molecule has 6 aliphatic rings. The Morgan fingerprint density at radius 1 is 0.159 bits per heavy atom. The van der Waals surface area contributed by atoms with E-state index in [0.29, 0.717) is 0 Å². The minimum Gasteiger partial charge on any atom is -0.310 e. The molecule has 0 unspecified atom stereocenters. The molecule has 494 valence electrons. The van der Waals surface area contributed by atoms with Gasteiger partial charge in [0.2, 0.25) is 0 Å². The highest BCUT2D eigenvalue weighted by molar-refractivity contribution is 6.23. The Bertz CT molecular complexity index is 6480. The van der Waals surface area contributed by atoms with Crippen LogP contribution in [-0.4, -0.2) is 0 Å². The highest BCUT2D eigenvalue weighted by atomic mass is 15.2. The summed E-state index contributed by atoms with van der Waals surface area (Å²) in [7, 11) is 0. The van der Waals surface area contributed by atoms with Crippen LogP contribution in [0.1, 0.15) is 66.8 Å². The molecular weight excluding hydrogens is 1290 g/mol. The van der Waals surface area contributed by atoms with Crippen molar-refractivity contribution in [1.82, 2.24) is 0 Å². The van der Waals surface area contributed by atoms with Gasteiger partial charge in [0.1, 0.15) is 0 Å². The molecule has 0 aromatic heterocycles. The van der Waals surface area contributed by atoms with E-state index < -0.39 is 16.2 Å². The summed E-state index contributed by atoms with van der Waals surface area (Å²) in [4.78, 5) is 4.97. The van der Waals surface area contributed by atoms with Gasteiger partial charge in [-0.05, 0) is 238 Å². The van der Waals surface area contributed by atoms with Crippen molar-refractivity contribution in [3.05, 3.63) is 455 Å². The van der Waals surface area contributed by atoms with Gasteiger partial charge in [0.25, 0.3) is 0 Å². The maximum absolute atomic E-state index is 2.61. The number of fused-ring (bicyclic) bond motifs is 32. The zero-order chi connectivity index (χ0) is 69.8. The van der Waals surface area contributed by atoms with Crippen molar-refractivity contribution in [2.45, 2.75) is 16.2 Å². The van der Waals surface area contributed by atoms with Gasteiger partial charge in [-0.25, -0.2) is 0 Å². The molecule has 2 heterocycles. The van der Waals surface area contributed by atoms with Gasteiger partial charge in [0.05, 0.1) is 39.0 Å². The highest BCUT2D eigenvalue weighted by Crippen LogP contribution is 2.70. The molecule has 18 aromatic carbocycles. The van der Waals surface area contributed by atoms with Crippen LogP contribution in [-0.2, 0) is 16.2 Å². The van der Waals surface area contributed by atoms with Gasteiger partial charge < -0.3 is 9.80 Å². The lowest BCUT2D eigenvalue weighted by Crippen LogP contribution is -2.36. The van der Waals surface area contributed by atoms with Crippen LogP contribution in [0, 0.1) is 0 Å². The van der Waals surface area contributed by atoms with Crippen LogP contribution in [0.5, 0.6) is 0 Å². The smallest absolute Gasteiger partial charge is 0.0754 e. The largest absolute Gasteiger partial charge is 0.310 e. The van der Waals surface area contributed by atoms with E-state index in [1.54, 1.807) is 0 Å². The average Bonchev–Trinajstić information content (AvgIpc) is 1.52. The molecule has 18 aromatic rings. The Kier molecular flexibility index (Phi) is 11.9. The van der Waals surface area contributed by atoms with Crippen molar-refractivity contribution < 1.29 is 0 Å². The van der Waals surface area contributed by atoms with Gasteiger partial charge in [-0.3, -0.25) is 0 Å². The van der Waals surface area contributed by atoms with Crippen LogP contribution in [0.2, 0.25) is 0 Å². The van der Waals surface area contributed by atoms with Crippen molar-refractivity contribution in [3.8, 4) is 77.9 Å². The molecule has 24 rings (SSSR count). The number of hydrogen-bond donors (Lipinski definition) is 0. The first-order chi connectivity index (χ1) is 53.2. The number of benzene rings is 18. The van der Waals surface area contributed by atoms with E-state index in [9.17, 15) is 0 Å². The molecule has 2 heteroatoms. The molecule has 2 nitrogen and oxygen atoms in total. The zero-order valence-electron chi connectivity index (χ0n) is 58.3. The fourth-order valence-electron chi connectivity index (χ4n) is 21.6. The summed E-state index contributed by atoms with van der Waals surface area (Å²) in [5.41, 5.74) is 38.1. The summed E-state index contributed by atoms with van der Waals surface area (Å²) in [5.74, 6) is 0. The summed E-state index contributed by atoms with van der Waals surface area (Å²) in [6.45, 7) is 0. The molecule has 4 aliphatic carbocycles. The fraction of sp³-hybridized carbons (Fsp3) is 0.0286. The summed E-state index contributed by atoms with van der Waals surface area (Å²) in [6.07, 6.45) is 0. The number of para-hydroxylation sites is 6. The van der Waals surface area contributed by atoms with Crippen LogP contribution >= 0.6 is 0 Å². The quantitative estimate of drug-likeness (QED) is 0.159. The third-order valence-electron chi connectivity index (χ3n) is 25.2. The molecule has 0 amide bonds. The maximum atomic E-state index is 2.61. The normalized spacial score (nSPS) is 14.5. The highest BCUT2D eigenvalue weighted by Gasteiger charge is 2.56. The molecule has 0 saturated heterocycles. The molecule has 0 fully saturated rings. The Hall–Kier alpha value is -13.7. The van der Waals surface area contributed by atoms with E-state index in [1.165, 1.54) is 200 Å². The SMILES string of the molecule is c1ccc(N2c3ccccc3C3(c4ccccc4-c4c(-c5cccc6c(-c7cc8ccccc8c8c7C7(c9ccccc9-c9ccccc97)c7ccccc7-8)c7cccc(-c8cccc9c8-c8ccccc8C98c9ccccc9N(c9ccccc9)c9ccccc98)c7cc56)cccc43)c3ccccc32)cc1. The Balaban J connectivity index is 0.834. The van der Waals surface area contributed by atoms with Gasteiger partial charge in [0, 0.05) is 11.4 Å². The Morgan fingerprint density at radius 2 is 0.458 bits per heavy atom. The van der Waals surface area contributed by atoms with E-state index in [2.05, 4.69) is 398 Å². The van der Waals surface area contributed by atoms with Gasteiger partial charge in [0.15, 0.2) is 0 Å². The molecule has 0 N–H and O–H groups in total. The van der Waals surface area contributed by atoms with Crippen LogP contribution in [0.3, 0.4) is 0 Å². The Morgan fingerprint density at radius 3 is 0.897 bits per heavy atom. The second-order valence-electron chi connectivity index (χ2n) is 29.8. The first kappa shape index (κ1) is 58.8. The summed E-state index contributed by atoms with van der Waals surface area (Å²) in [5, 5.41) is 7.30. The molecular formula is C105H64N2. The van der Waals surface area contributed by atoms with Crippen molar-refractivity contribution in [2.24, 2.45) is 0 Å². The second-order valence-corrected chi connectivity index (χ2v) is 29.8. The third-order valence-corrected chi connectivity index (χ3v) is 25.2. The molecule has 3 spiro atoms. The summed E-state index contributed by atoms with van der Waals surface area (Å²) in [6, 6.07) is 149. The monoisotopic (exact) mass is 1350 g/mol. The van der Waals surface area contributed by atoms with Crippen LogP contribution < -0.4 is 9.80 Å². The standard InChI is InChI=1S/C105H64N2/c1-3-32-66(33-4-1)106-94-59-23-19-53-88(94)103(89-54-20-24-60-95(89)106)85-50-16-11-39-77(85)99-73(46-29-57-92(99)103)69-42-27-44-75-80(69)64-81-70(74-47-30-58-93-100(74)78-40-12-17-51-86(78)104(93)90-55-21-25-61-96(90)107(67-34-5-2-6-35-67)97-62-26-22-56-91(97)104)43-28-45-76(81)98(75)82-63-65-31-7-8-36-68(65)101-79-41-13-18-52-87(79)105(102(82)101)83-48-14-9-37-71(83)72-38-10-15-49-84(72)105/h1-64H. The lowest BCUT2D eigenvalue weighted by molar-refractivity contribution is 0.753. The van der Waals surface area contributed by atoms with Crippen LogP contribution in [0.25, 0.3) is 110 Å². The van der Waals surface area contributed by atoms with E-state index >= 15 is 0 Å². The minimum absolute atomic E-state index is 0.653. The molecule has 0 bridgehead atoms. The molecule has 2 aliphatic heterocycles. The molecule has 0 atom stereocenters. The van der Waals surface area contributed by atoms with E-state index in [-0.39, 0.29) is 0 Å². The Labute approximate surface area is 621 Å². The molecule has 0 saturated carbocycles.